The van der Waals surface area contributed by atoms with Crippen LogP contribution in [0.25, 0.3) is 10.9 Å². The molecule has 0 unspecified atom stereocenters. The van der Waals surface area contributed by atoms with E-state index in [0.29, 0.717) is 18.4 Å². The second kappa shape index (κ2) is 7.87. The summed E-state index contributed by atoms with van der Waals surface area (Å²) in [5.74, 6) is 0.716. The maximum absolute atomic E-state index is 12.2. The molecular formula is C21H22N2O3. The Morgan fingerprint density at radius 2 is 1.92 bits per heavy atom. The first-order chi connectivity index (χ1) is 12.6. The summed E-state index contributed by atoms with van der Waals surface area (Å²) in [7, 11) is 1.62. The van der Waals surface area contributed by atoms with Gasteiger partial charge in [-0.2, -0.15) is 0 Å². The Kier molecular flexibility index (Phi) is 5.37. The first-order valence-corrected chi connectivity index (χ1v) is 8.58. The summed E-state index contributed by atoms with van der Waals surface area (Å²) in [5.41, 5.74) is 3.32. The molecule has 5 heteroatoms. The number of aryl methyl sites for hydroxylation is 2. The molecule has 0 bridgehead atoms. The molecule has 0 aliphatic carbocycles. The Hall–Kier alpha value is -3.08. The summed E-state index contributed by atoms with van der Waals surface area (Å²) in [4.78, 5) is 27.2. The molecule has 3 aromatic rings. The zero-order valence-corrected chi connectivity index (χ0v) is 15.0. The van der Waals surface area contributed by atoms with Crippen molar-refractivity contribution in [1.82, 2.24) is 10.3 Å². The van der Waals surface area contributed by atoms with Crippen molar-refractivity contribution < 1.29 is 9.53 Å². The van der Waals surface area contributed by atoms with Gasteiger partial charge in [0.2, 0.25) is 5.91 Å². The molecule has 0 saturated carbocycles. The van der Waals surface area contributed by atoms with Gasteiger partial charge in [0, 0.05) is 18.5 Å². The van der Waals surface area contributed by atoms with E-state index in [0.717, 1.165) is 27.8 Å². The summed E-state index contributed by atoms with van der Waals surface area (Å²) in [5, 5.41) is 3.79. The summed E-state index contributed by atoms with van der Waals surface area (Å²) >= 11 is 0. The molecule has 1 amide bonds. The monoisotopic (exact) mass is 350 g/mol. The van der Waals surface area contributed by atoms with Gasteiger partial charge in [0.25, 0.3) is 5.56 Å². The number of rotatable bonds is 6. The molecule has 0 aliphatic heterocycles. The van der Waals surface area contributed by atoms with Gasteiger partial charge in [0.15, 0.2) is 0 Å². The molecular weight excluding hydrogens is 328 g/mol. The number of para-hydroxylation sites is 1. The minimum Gasteiger partial charge on any atom is -0.497 e. The Morgan fingerprint density at radius 1 is 1.15 bits per heavy atom. The third kappa shape index (κ3) is 4.11. The van der Waals surface area contributed by atoms with Crippen LogP contribution < -0.4 is 15.6 Å². The molecule has 0 aliphatic rings. The maximum atomic E-state index is 12.2. The fraction of sp³-hybridized carbons (Fsp3) is 0.238. The van der Waals surface area contributed by atoms with Crippen molar-refractivity contribution in [2.75, 3.05) is 7.11 Å². The second-order valence-electron chi connectivity index (χ2n) is 6.29. The Morgan fingerprint density at radius 3 is 2.65 bits per heavy atom. The molecule has 1 heterocycles. The molecule has 0 saturated heterocycles. The van der Waals surface area contributed by atoms with Gasteiger partial charge in [-0.3, -0.25) is 9.59 Å². The van der Waals surface area contributed by atoms with Crippen LogP contribution in [-0.4, -0.2) is 18.0 Å². The van der Waals surface area contributed by atoms with Gasteiger partial charge in [0.1, 0.15) is 5.75 Å². The van der Waals surface area contributed by atoms with Crippen LogP contribution in [-0.2, 0) is 17.8 Å². The van der Waals surface area contributed by atoms with E-state index in [-0.39, 0.29) is 18.0 Å². The Labute approximate surface area is 152 Å². The predicted molar refractivity (Wildman–Crippen MR) is 102 cm³/mol. The van der Waals surface area contributed by atoms with Gasteiger partial charge in [-0.25, -0.2) is 0 Å². The Bertz CT molecular complexity index is 975. The lowest BCUT2D eigenvalue weighted by molar-refractivity contribution is -0.121. The normalized spacial score (nSPS) is 10.7. The van der Waals surface area contributed by atoms with Crippen molar-refractivity contribution in [1.29, 1.82) is 0 Å². The average Bonchev–Trinajstić information content (AvgIpc) is 2.66. The van der Waals surface area contributed by atoms with Gasteiger partial charge in [0.05, 0.1) is 12.6 Å². The zero-order chi connectivity index (χ0) is 18.5. The second-order valence-corrected chi connectivity index (χ2v) is 6.29. The van der Waals surface area contributed by atoms with Gasteiger partial charge in [-0.15, -0.1) is 0 Å². The van der Waals surface area contributed by atoms with E-state index in [4.69, 9.17) is 4.74 Å². The predicted octanol–water partition coefficient (Wildman–Crippen LogP) is 3.09. The van der Waals surface area contributed by atoms with Crippen LogP contribution in [0.1, 0.15) is 23.1 Å². The Balaban J connectivity index is 1.59. The summed E-state index contributed by atoms with van der Waals surface area (Å²) < 4.78 is 5.12. The molecule has 5 nitrogen and oxygen atoms in total. The van der Waals surface area contributed by atoms with Crippen LogP contribution in [0.15, 0.2) is 53.3 Å². The number of H-pyrrole nitrogens is 1. The molecule has 1 aromatic heterocycles. The van der Waals surface area contributed by atoms with Crippen LogP contribution in [0.4, 0.5) is 0 Å². The largest absolute Gasteiger partial charge is 0.497 e. The summed E-state index contributed by atoms with van der Waals surface area (Å²) in [6.07, 6.45) is 1.01. The molecule has 0 spiro atoms. The first-order valence-electron chi connectivity index (χ1n) is 8.58. The number of fused-ring (bicyclic) bond motifs is 1. The van der Waals surface area contributed by atoms with E-state index in [1.807, 2.05) is 55.5 Å². The minimum atomic E-state index is -0.165. The van der Waals surface area contributed by atoms with Crippen molar-refractivity contribution in [2.24, 2.45) is 0 Å². The third-order valence-corrected chi connectivity index (χ3v) is 4.44. The molecule has 2 N–H and O–H groups in total. The van der Waals surface area contributed by atoms with Crippen molar-refractivity contribution in [3.8, 4) is 5.75 Å². The van der Waals surface area contributed by atoms with Crippen LogP contribution in [0.2, 0.25) is 0 Å². The van der Waals surface area contributed by atoms with Crippen molar-refractivity contribution in [2.45, 2.75) is 26.3 Å². The van der Waals surface area contributed by atoms with Gasteiger partial charge >= 0.3 is 0 Å². The molecule has 3 rings (SSSR count). The van der Waals surface area contributed by atoms with Crippen molar-refractivity contribution in [3.63, 3.8) is 0 Å². The number of hydrogen-bond acceptors (Lipinski definition) is 3. The highest BCUT2D eigenvalue weighted by molar-refractivity contribution is 5.82. The number of amides is 1. The molecule has 0 radical (unpaired) electrons. The number of methoxy groups -OCH3 is 1. The van der Waals surface area contributed by atoms with Crippen LogP contribution in [0.3, 0.4) is 0 Å². The van der Waals surface area contributed by atoms with E-state index in [2.05, 4.69) is 10.3 Å². The minimum absolute atomic E-state index is 0.0791. The molecule has 26 heavy (non-hydrogen) atoms. The molecule has 0 fully saturated rings. The maximum Gasteiger partial charge on any atom is 0.253 e. The number of hydrogen-bond donors (Lipinski definition) is 2. The number of nitrogens with one attached hydrogen (secondary N) is 2. The highest BCUT2D eigenvalue weighted by Crippen LogP contribution is 2.15. The highest BCUT2D eigenvalue weighted by atomic mass is 16.5. The van der Waals surface area contributed by atoms with E-state index in [1.54, 1.807) is 7.11 Å². The van der Waals surface area contributed by atoms with Gasteiger partial charge in [-0.05, 0) is 48.1 Å². The van der Waals surface area contributed by atoms with E-state index < -0.39 is 0 Å². The number of benzene rings is 2. The lowest BCUT2D eigenvalue weighted by Crippen LogP contribution is -2.26. The van der Waals surface area contributed by atoms with Crippen LogP contribution in [0, 0.1) is 6.92 Å². The van der Waals surface area contributed by atoms with Crippen molar-refractivity contribution in [3.05, 3.63) is 75.6 Å². The molecule has 0 atom stereocenters. The van der Waals surface area contributed by atoms with E-state index in [9.17, 15) is 9.59 Å². The smallest absolute Gasteiger partial charge is 0.253 e. The summed E-state index contributed by atoms with van der Waals surface area (Å²) in [6.45, 7) is 2.18. The lowest BCUT2D eigenvalue weighted by atomic mass is 10.1. The van der Waals surface area contributed by atoms with Crippen LogP contribution >= 0.6 is 0 Å². The van der Waals surface area contributed by atoms with Gasteiger partial charge < -0.3 is 15.0 Å². The van der Waals surface area contributed by atoms with E-state index >= 15 is 0 Å². The molecule has 134 valence electrons. The number of aromatic amines is 1. The topological polar surface area (TPSA) is 71.2 Å². The fourth-order valence-corrected chi connectivity index (χ4v) is 2.89. The third-order valence-electron chi connectivity index (χ3n) is 4.44. The number of carbonyl (C=O) groups excluding carboxylic acids is 1. The fourth-order valence-electron chi connectivity index (χ4n) is 2.89. The van der Waals surface area contributed by atoms with E-state index in [1.165, 1.54) is 0 Å². The number of ether oxygens (including phenoxy) is 1. The SMILES string of the molecule is COc1ccc(CCC(=O)NCc2cc3cccc(C)c3[nH]c2=O)cc1. The van der Waals surface area contributed by atoms with Crippen molar-refractivity contribution >= 4 is 16.8 Å². The first kappa shape index (κ1) is 17.7. The highest BCUT2D eigenvalue weighted by Gasteiger charge is 2.07. The number of carbonyl (C=O) groups is 1. The van der Waals surface area contributed by atoms with Gasteiger partial charge in [-0.1, -0.05) is 30.3 Å². The standard InChI is InChI=1S/C21H22N2O3/c1-14-4-3-5-16-12-17(21(25)23-20(14)16)13-22-19(24)11-8-15-6-9-18(26-2)10-7-15/h3-7,9-10,12H,8,11,13H2,1-2H3,(H,22,24)(H,23,25). The number of pyridine rings is 1. The van der Waals surface area contributed by atoms with Crippen LogP contribution in [0.5, 0.6) is 5.75 Å². The zero-order valence-electron chi connectivity index (χ0n) is 15.0. The quantitative estimate of drug-likeness (QED) is 0.718. The summed E-state index contributed by atoms with van der Waals surface area (Å²) in [6, 6.07) is 15.4. The number of aromatic nitrogens is 1. The average molecular weight is 350 g/mol. The molecule has 2 aromatic carbocycles. The lowest BCUT2D eigenvalue weighted by Gasteiger charge is -2.08.